The molecule has 7 heavy (non-hydrogen) atoms. The smallest absolute Gasteiger partial charge is 1.00 e. The molecule has 0 spiro atoms. The van der Waals surface area contributed by atoms with E-state index in [-0.39, 0.29) is 47.0 Å². The van der Waals surface area contributed by atoms with Crippen molar-refractivity contribution in [1.29, 1.82) is 0 Å². The predicted octanol–water partition coefficient (Wildman–Crippen LogP) is -2.99. The third-order valence-electron chi connectivity index (χ3n) is 0.447. The molecule has 0 saturated carbocycles. The first kappa shape index (κ1) is 15.8. The maximum Gasteiger partial charge on any atom is 2.00 e. The Balaban J connectivity index is -0.0000000800. The first-order chi connectivity index (χ1) is 2.27. The van der Waals surface area contributed by atoms with Crippen molar-refractivity contribution in [3.63, 3.8) is 0 Å². The van der Waals surface area contributed by atoms with Gasteiger partial charge in [0.15, 0.2) is 0 Å². The fourth-order valence-corrected chi connectivity index (χ4v) is 0. The van der Waals surface area contributed by atoms with Crippen LogP contribution in [0.25, 0.3) is 0 Å². The van der Waals surface area contributed by atoms with Crippen LogP contribution in [-0.4, -0.2) is 48.6 Å². The van der Waals surface area contributed by atoms with Crippen molar-refractivity contribution >= 4 is 23.1 Å². The molecule has 0 aromatic rings. The van der Waals surface area contributed by atoms with Crippen molar-refractivity contribution in [2.75, 3.05) is 20.6 Å². The molecule has 0 atom stereocenters. The van der Waals surface area contributed by atoms with Crippen LogP contribution in [-0.2, 0) is 0 Å². The van der Waals surface area contributed by atoms with Gasteiger partial charge >= 0.3 is 23.1 Å². The Morgan fingerprint density at radius 3 is 1.57 bits per heavy atom. The molecule has 0 aromatic carbocycles. The van der Waals surface area contributed by atoms with Gasteiger partial charge in [-0.3, -0.25) is 0 Å². The molecule has 0 aliphatic heterocycles. The third-order valence-corrected chi connectivity index (χ3v) is 0.447. The number of halogens is 1. The van der Waals surface area contributed by atoms with Crippen LogP contribution in [0.3, 0.4) is 0 Å². The Morgan fingerprint density at radius 2 is 1.57 bits per heavy atom. The summed E-state index contributed by atoms with van der Waals surface area (Å²) in [7, 11) is 3.99. The first-order valence-corrected chi connectivity index (χ1v) is 1.71. The molecule has 0 rings (SSSR count). The molecule has 0 saturated heterocycles. The summed E-state index contributed by atoms with van der Waals surface area (Å²) >= 11 is 0. The van der Waals surface area contributed by atoms with E-state index in [2.05, 4.69) is 6.92 Å². The van der Waals surface area contributed by atoms with E-state index in [1.165, 1.54) is 0 Å². The Kier molecular flexibility index (Phi) is 23.6. The van der Waals surface area contributed by atoms with Gasteiger partial charge in [0.1, 0.15) is 0 Å². The summed E-state index contributed by atoms with van der Waals surface area (Å²) in [6, 6.07) is 0. The van der Waals surface area contributed by atoms with Crippen molar-refractivity contribution in [1.82, 2.24) is 4.90 Å². The zero-order valence-electron chi connectivity index (χ0n) is 4.95. The second kappa shape index (κ2) is 10.4. The van der Waals surface area contributed by atoms with Gasteiger partial charge in [0.05, 0.1) is 0 Å². The Bertz CT molecular complexity index is 25.7. The number of hydrogen-bond donors (Lipinski definition) is 0. The average molecular weight is 223 g/mol. The van der Waals surface area contributed by atoms with Crippen molar-refractivity contribution in [2.45, 2.75) is 0 Å². The van der Waals surface area contributed by atoms with Gasteiger partial charge in [0.25, 0.3) is 0 Å². The van der Waals surface area contributed by atoms with Gasteiger partial charge in [-0.1, -0.05) is 0 Å². The predicted molar refractivity (Wildman–Crippen MR) is 29.7 cm³/mol. The van der Waals surface area contributed by atoms with Crippen molar-refractivity contribution in [3.05, 3.63) is 6.92 Å². The van der Waals surface area contributed by atoms with Crippen LogP contribution < -0.4 is 24.0 Å². The fraction of sp³-hybridized carbons (Fsp3) is 0.750. The van der Waals surface area contributed by atoms with Crippen LogP contribution in [0.5, 0.6) is 0 Å². The van der Waals surface area contributed by atoms with Crippen LogP contribution in [0.2, 0.25) is 0 Å². The number of rotatable bonds is 1. The number of nitrogens with zero attached hydrogens (tertiary/aromatic N) is 1. The van der Waals surface area contributed by atoms with E-state index in [1.807, 2.05) is 19.0 Å². The molecule has 0 N–H and O–H groups in total. The van der Waals surface area contributed by atoms with Crippen LogP contribution in [0.1, 0.15) is 0 Å². The van der Waals surface area contributed by atoms with E-state index in [1.54, 1.807) is 0 Å². The molecule has 0 fully saturated rings. The summed E-state index contributed by atoms with van der Waals surface area (Å²) in [5.41, 5.74) is 0. The molecule has 1 nitrogen and oxygen atoms in total. The zero-order valence-corrected chi connectivity index (χ0v) is 8.52. The van der Waals surface area contributed by atoms with E-state index in [9.17, 15) is 0 Å². The molecule has 0 amide bonds. The van der Waals surface area contributed by atoms with E-state index >= 15 is 0 Å². The molecule has 0 aliphatic carbocycles. The first-order valence-electron chi connectivity index (χ1n) is 1.71. The van der Waals surface area contributed by atoms with Gasteiger partial charge in [-0.2, -0.15) is 0 Å². The van der Waals surface area contributed by atoms with Gasteiger partial charge in [-0.15, -0.1) is 6.54 Å². The molecule has 0 unspecified atom stereocenters. The summed E-state index contributed by atoms with van der Waals surface area (Å²) in [4.78, 5) is 2.01. The second-order valence-electron chi connectivity index (χ2n) is 1.30. The zero-order chi connectivity index (χ0) is 4.28. The van der Waals surface area contributed by atoms with E-state index in [0.717, 1.165) is 6.54 Å². The van der Waals surface area contributed by atoms with E-state index in [4.69, 9.17) is 0 Å². The van der Waals surface area contributed by atoms with Gasteiger partial charge in [-0.25, -0.2) is 0 Å². The van der Waals surface area contributed by atoms with Crippen molar-refractivity contribution in [2.24, 2.45) is 0 Å². The maximum atomic E-state index is 3.61. The summed E-state index contributed by atoms with van der Waals surface area (Å²) in [5, 5.41) is 0. The summed E-state index contributed by atoms with van der Waals surface area (Å²) < 4.78 is 0. The SMILES string of the molecule is [CH2-]CN(C)C.[I-].[Mg+2]. The minimum atomic E-state index is 0. The van der Waals surface area contributed by atoms with E-state index < -0.39 is 0 Å². The Morgan fingerprint density at radius 1 is 1.43 bits per heavy atom. The van der Waals surface area contributed by atoms with Gasteiger partial charge < -0.3 is 35.8 Å². The summed E-state index contributed by atoms with van der Waals surface area (Å²) in [6.45, 7) is 4.50. The van der Waals surface area contributed by atoms with Gasteiger partial charge in [0, 0.05) is 0 Å². The molecule has 0 aromatic heterocycles. The standard InChI is InChI=1S/C4H10N.HI.Mg/c1-4-5(2)3;;/h1,4H2,2-3H3;1H;/q-1;;+2/p-1. The largest absolute Gasteiger partial charge is 2.00 e. The third kappa shape index (κ3) is 18.6. The monoisotopic (exact) mass is 223 g/mol. The second-order valence-corrected chi connectivity index (χ2v) is 1.30. The molecule has 0 heterocycles. The molecule has 0 aliphatic rings. The van der Waals surface area contributed by atoms with Crippen LogP contribution in [0, 0.1) is 6.92 Å². The topological polar surface area (TPSA) is 3.24 Å². The maximum absolute atomic E-state index is 3.61. The normalized spacial score (nSPS) is 6.86. The van der Waals surface area contributed by atoms with Gasteiger partial charge in [-0.05, 0) is 14.1 Å². The van der Waals surface area contributed by atoms with Crippen LogP contribution in [0.4, 0.5) is 0 Å². The molecular weight excluding hydrogens is 213 g/mol. The fourth-order valence-electron chi connectivity index (χ4n) is 0. The molecule has 40 valence electrons. The van der Waals surface area contributed by atoms with E-state index in [0.29, 0.717) is 0 Å². The average Bonchev–Trinajstić information content (AvgIpc) is 1.38. The van der Waals surface area contributed by atoms with Gasteiger partial charge in [0.2, 0.25) is 0 Å². The minimum absolute atomic E-state index is 0. The molecular formula is C4H10IMgN. The van der Waals surface area contributed by atoms with Crippen LogP contribution >= 0.6 is 0 Å². The Labute approximate surface area is 79.0 Å². The summed E-state index contributed by atoms with van der Waals surface area (Å²) in [6.07, 6.45) is 0. The molecule has 3 heteroatoms. The van der Waals surface area contributed by atoms with Crippen molar-refractivity contribution in [3.8, 4) is 0 Å². The summed E-state index contributed by atoms with van der Waals surface area (Å²) in [5.74, 6) is 0. The van der Waals surface area contributed by atoms with Crippen LogP contribution in [0.15, 0.2) is 0 Å². The minimum Gasteiger partial charge on any atom is -1.00 e. The Hall–Kier alpha value is 1.46. The number of hydrogen-bond acceptors (Lipinski definition) is 1. The molecule has 0 radical (unpaired) electrons. The molecule has 0 bridgehead atoms. The van der Waals surface area contributed by atoms with Crippen molar-refractivity contribution < 1.29 is 24.0 Å². The quantitative estimate of drug-likeness (QED) is 0.260.